The molecule has 1 aliphatic rings. The number of aromatic nitrogens is 1. The molecule has 2 heterocycles. The Kier molecular flexibility index (Phi) is 7.14. The largest absolute Gasteiger partial charge is 0.493 e. The predicted octanol–water partition coefficient (Wildman–Crippen LogP) is 2.65. The first kappa shape index (κ1) is 22.7. The van der Waals surface area contributed by atoms with E-state index >= 15 is 0 Å². The molecular weight excluding hydrogens is 420 g/mol. The number of amides is 2. The van der Waals surface area contributed by atoms with E-state index in [9.17, 15) is 9.59 Å². The van der Waals surface area contributed by atoms with Crippen molar-refractivity contribution in [2.45, 2.75) is 13.0 Å². The zero-order valence-electron chi connectivity index (χ0n) is 19.1. The third-order valence-corrected chi connectivity index (χ3v) is 5.99. The van der Waals surface area contributed by atoms with Crippen LogP contribution in [0.25, 0.3) is 10.9 Å². The highest BCUT2D eigenvalue weighted by Crippen LogP contribution is 2.35. The lowest BCUT2D eigenvalue weighted by Gasteiger charge is -2.34. The smallest absolute Gasteiger partial charge is 0.267 e. The molecule has 4 rings (SSSR count). The Hall–Kier alpha value is -3.52. The van der Waals surface area contributed by atoms with Crippen LogP contribution in [0.3, 0.4) is 0 Å². The lowest BCUT2D eigenvalue weighted by atomic mass is 10.2. The number of carbonyl (C=O) groups excluding carboxylic acids is 2. The van der Waals surface area contributed by atoms with Crippen molar-refractivity contribution < 1.29 is 19.1 Å². The topological polar surface area (TPSA) is 86.9 Å². The van der Waals surface area contributed by atoms with Gasteiger partial charge in [0, 0.05) is 51.1 Å². The fourth-order valence-electron chi connectivity index (χ4n) is 4.18. The van der Waals surface area contributed by atoms with Crippen LogP contribution < -0.4 is 14.8 Å². The van der Waals surface area contributed by atoms with Crippen LogP contribution in [-0.4, -0.2) is 73.5 Å². The average molecular weight is 451 g/mol. The maximum atomic E-state index is 12.6. The van der Waals surface area contributed by atoms with Gasteiger partial charge in [-0.25, -0.2) is 0 Å². The van der Waals surface area contributed by atoms with Gasteiger partial charge in [0.2, 0.25) is 5.91 Å². The normalized spacial score (nSPS) is 14.3. The molecule has 2 N–H and O–H groups in total. The monoisotopic (exact) mass is 450 g/mol. The number of ether oxygens (including phenoxy) is 2. The van der Waals surface area contributed by atoms with Gasteiger partial charge in [-0.05, 0) is 23.8 Å². The molecule has 0 atom stereocenters. The summed E-state index contributed by atoms with van der Waals surface area (Å²) in [6.07, 6.45) is 0.280. The summed E-state index contributed by atoms with van der Waals surface area (Å²) >= 11 is 0. The molecule has 2 aromatic carbocycles. The first-order valence-corrected chi connectivity index (χ1v) is 11.1. The van der Waals surface area contributed by atoms with Gasteiger partial charge in [-0.3, -0.25) is 14.5 Å². The van der Waals surface area contributed by atoms with Crippen molar-refractivity contribution in [3.8, 4) is 11.5 Å². The Morgan fingerprint density at radius 2 is 1.76 bits per heavy atom. The summed E-state index contributed by atoms with van der Waals surface area (Å²) in [6.45, 7) is 4.32. The van der Waals surface area contributed by atoms with Crippen molar-refractivity contribution in [1.82, 2.24) is 20.1 Å². The minimum Gasteiger partial charge on any atom is -0.493 e. The van der Waals surface area contributed by atoms with E-state index in [-0.39, 0.29) is 24.8 Å². The Balaban J connectivity index is 1.25. The maximum absolute atomic E-state index is 12.6. The molecule has 33 heavy (non-hydrogen) atoms. The minimum atomic E-state index is -0.257. The molecule has 3 aromatic rings. The molecule has 1 aliphatic heterocycles. The summed E-state index contributed by atoms with van der Waals surface area (Å²) in [7, 11) is 3.14. The van der Waals surface area contributed by atoms with Crippen LogP contribution in [0.1, 0.15) is 22.5 Å². The number of nitrogens with zero attached hydrogens (tertiary/aromatic N) is 2. The Morgan fingerprint density at radius 3 is 2.45 bits per heavy atom. The van der Waals surface area contributed by atoms with Gasteiger partial charge in [0.1, 0.15) is 5.69 Å². The van der Waals surface area contributed by atoms with E-state index in [0.29, 0.717) is 30.3 Å². The zero-order chi connectivity index (χ0) is 23.2. The van der Waals surface area contributed by atoms with Gasteiger partial charge in [0.15, 0.2) is 11.5 Å². The summed E-state index contributed by atoms with van der Waals surface area (Å²) in [5.74, 6) is 0.989. The molecule has 0 saturated carbocycles. The molecular formula is C25H30N4O4. The summed E-state index contributed by atoms with van der Waals surface area (Å²) in [4.78, 5) is 32.5. The number of rotatable bonds is 8. The maximum Gasteiger partial charge on any atom is 0.267 e. The molecule has 0 bridgehead atoms. The fraction of sp³-hybridized carbons (Fsp3) is 0.360. The van der Waals surface area contributed by atoms with Gasteiger partial charge in [-0.1, -0.05) is 30.3 Å². The van der Waals surface area contributed by atoms with Crippen molar-refractivity contribution in [2.24, 2.45) is 0 Å². The van der Waals surface area contributed by atoms with Crippen LogP contribution >= 0.6 is 0 Å². The molecule has 0 unspecified atom stereocenters. The second-order valence-electron chi connectivity index (χ2n) is 8.09. The van der Waals surface area contributed by atoms with E-state index < -0.39 is 0 Å². The number of nitrogens with one attached hydrogen (secondary N) is 2. The quantitative estimate of drug-likeness (QED) is 0.551. The van der Waals surface area contributed by atoms with E-state index in [1.54, 1.807) is 26.4 Å². The molecule has 2 amide bonds. The predicted molar refractivity (Wildman–Crippen MR) is 127 cm³/mol. The molecule has 8 heteroatoms. The number of methoxy groups -OCH3 is 2. The van der Waals surface area contributed by atoms with Crippen molar-refractivity contribution in [1.29, 1.82) is 0 Å². The number of carbonyl (C=O) groups is 2. The number of fused-ring (bicyclic) bond motifs is 1. The molecule has 0 radical (unpaired) electrons. The zero-order valence-corrected chi connectivity index (χ0v) is 19.1. The van der Waals surface area contributed by atoms with Crippen molar-refractivity contribution in [2.75, 3.05) is 46.9 Å². The molecule has 1 fully saturated rings. The summed E-state index contributed by atoms with van der Waals surface area (Å²) in [5, 5.41) is 3.61. The van der Waals surface area contributed by atoms with Crippen molar-refractivity contribution in [3.63, 3.8) is 0 Å². The van der Waals surface area contributed by atoms with Gasteiger partial charge in [-0.2, -0.15) is 0 Å². The number of benzene rings is 2. The number of piperazine rings is 1. The van der Waals surface area contributed by atoms with Gasteiger partial charge < -0.3 is 24.7 Å². The van der Waals surface area contributed by atoms with Crippen LogP contribution in [0.2, 0.25) is 0 Å². The van der Waals surface area contributed by atoms with E-state index in [1.807, 2.05) is 29.2 Å². The van der Waals surface area contributed by atoms with Gasteiger partial charge in [0.05, 0.1) is 19.7 Å². The second-order valence-corrected chi connectivity index (χ2v) is 8.09. The number of hydrogen-bond acceptors (Lipinski definition) is 5. The highest BCUT2D eigenvalue weighted by atomic mass is 16.5. The highest BCUT2D eigenvalue weighted by Gasteiger charge is 2.21. The summed E-state index contributed by atoms with van der Waals surface area (Å²) in [5.41, 5.74) is 2.48. The van der Waals surface area contributed by atoms with Gasteiger partial charge in [0.25, 0.3) is 5.91 Å². The second kappa shape index (κ2) is 10.4. The van der Waals surface area contributed by atoms with E-state index in [0.717, 1.165) is 30.5 Å². The summed E-state index contributed by atoms with van der Waals surface area (Å²) in [6, 6.07) is 15.7. The van der Waals surface area contributed by atoms with Gasteiger partial charge in [-0.15, -0.1) is 0 Å². The SMILES string of the molecule is COc1ccc2[nH]c(C(=O)NCCC(=O)N3CCN(Cc4ccccc4)CC3)cc2c1OC. The van der Waals surface area contributed by atoms with Crippen LogP contribution in [0.4, 0.5) is 0 Å². The molecule has 0 aliphatic carbocycles. The average Bonchev–Trinajstić information content (AvgIpc) is 3.29. The van der Waals surface area contributed by atoms with Crippen LogP contribution in [0.5, 0.6) is 11.5 Å². The lowest BCUT2D eigenvalue weighted by molar-refractivity contribution is -0.132. The summed E-state index contributed by atoms with van der Waals surface area (Å²) < 4.78 is 10.7. The van der Waals surface area contributed by atoms with E-state index in [1.165, 1.54) is 5.56 Å². The fourth-order valence-corrected chi connectivity index (χ4v) is 4.18. The Labute approximate surface area is 193 Å². The highest BCUT2D eigenvalue weighted by molar-refractivity contribution is 6.00. The first-order chi connectivity index (χ1) is 16.1. The number of hydrogen-bond donors (Lipinski definition) is 2. The molecule has 1 aromatic heterocycles. The van der Waals surface area contributed by atoms with Crippen molar-refractivity contribution >= 4 is 22.7 Å². The van der Waals surface area contributed by atoms with Crippen molar-refractivity contribution in [3.05, 3.63) is 59.8 Å². The third kappa shape index (κ3) is 5.28. The number of aromatic amines is 1. The number of H-pyrrole nitrogens is 1. The Morgan fingerprint density at radius 1 is 1.00 bits per heavy atom. The molecule has 0 spiro atoms. The van der Waals surface area contributed by atoms with Gasteiger partial charge >= 0.3 is 0 Å². The standard InChI is InChI=1S/C25H30N4O4/c1-32-22-9-8-20-19(24(22)33-2)16-21(27-20)25(31)26-11-10-23(30)29-14-12-28(13-15-29)17-18-6-4-3-5-7-18/h3-9,16,27H,10-15,17H2,1-2H3,(H,26,31). The molecule has 1 saturated heterocycles. The molecule has 8 nitrogen and oxygen atoms in total. The van der Waals surface area contributed by atoms with E-state index in [4.69, 9.17) is 9.47 Å². The lowest BCUT2D eigenvalue weighted by Crippen LogP contribution is -2.48. The molecule has 174 valence electrons. The van der Waals surface area contributed by atoms with Crippen LogP contribution in [0, 0.1) is 0 Å². The third-order valence-electron chi connectivity index (χ3n) is 5.99. The van der Waals surface area contributed by atoms with E-state index in [2.05, 4.69) is 27.3 Å². The Bertz CT molecular complexity index is 1100. The van der Waals surface area contributed by atoms with Crippen LogP contribution in [-0.2, 0) is 11.3 Å². The first-order valence-electron chi connectivity index (χ1n) is 11.1. The van der Waals surface area contributed by atoms with Crippen LogP contribution in [0.15, 0.2) is 48.5 Å². The minimum absolute atomic E-state index is 0.0673.